The number of ketones is 1. The molecule has 0 unspecified atom stereocenters. The second-order valence-electron chi connectivity index (χ2n) is 2.30. The number of methoxy groups -OCH3 is 1. The lowest BCUT2D eigenvalue weighted by Crippen LogP contribution is -2.12. The first kappa shape index (κ1) is 9.31. The van der Waals surface area contributed by atoms with E-state index < -0.39 is 5.97 Å². The topological polar surface area (TPSA) is 69.2 Å². The Morgan fingerprint density at radius 1 is 1.23 bits per heavy atom. The van der Waals surface area contributed by atoms with Crippen LogP contribution >= 0.6 is 0 Å². The zero-order chi connectivity index (χ0) is 9.84. The van der Waals surface area contributed by atoms with Crippen molar-refractivity contribution in [1.82, 2.24) is 9.97 Å². The molecule has 0 aliphatic heterocycles. The van der Waals surface area contributed by atoms with Gasteiger partial charge in [0.05, 0.1) is 7.11 Å². The standard InChI is InChI=1S/C8H8N2O3/c1-5(11)6-7(8(12)13-2)10-4-3-9-6/h3-4H,1-2H3. The number of carbonyl (C=O) groups excluding carboxylic acids is 2. The molecule has 1 aromatic rings. The second-order valence-corrected chi connectivity index (χ2v) is 2.30. The molecule has 1 heterocycles. The summed E-state index contributed by atoms with van der Waals surface area (Å²) in [7, 11) is 1.22. The van der Waals surface area contributed by atoms with E-state index in [1.165, 1.54) is 26.4 Å². The molecule has 5 heteroatoms. The summed E-state index contributed by atoms with van der Waals surface area (Å²) >= 11 is 0. The highest BCUT2D eigenvalue weighted by Crippen LogP contribution is 2.03. The number of hydrogen-bond acceptors (Lipinski definition) is 5. The molecule has 0 atom stereocenters. The second kappa shape index (κ2) is 3.75. The molecular formula is C8H8N2O3. The predicted octanol–water partition coefficient (Wildman–Crippen LogP) is 0.466. The first-order chi connectivity index (χ1) is 6.16. The summed E-state index contributed by atoms with van der Waals surface area (Å²) in [5, 5.41) is 0. The van der Waals surface area contributed by atoms with E-state index in [2.05, 4.69) is 14.7 Å². The highest BCUT2D eigenvalue weighted by Gasteiger charge is 2.16. The van der Waals surface area contributed by atoms with Gasteiger partial charge in [0.25, 0.3) is 0 Å². The van der Waals surface area contributed by atoms with Gasteiger partial charge in [-0.15, -0.1) is 0 Å². The lowest BCUT2D eigenvalue weighted by molar-refractivity contribution is 0.0589. The molecule has 0 saturated carbocycles. The van der Waals surface area contributed by atoms with Crippen molar-refractivity contribution in [2.75, 3.05) is 7.11 Å². The maximum Gasteiger partial charge on any atom is 0.359 e. The number of carbonyl (C=O) groups is 2. The van der Waals surface area contributed by atoms with Crippen molar-refractivity contribution in [2.24, 2.45) is 0 Å². The Morgan fingerprint density at radius 3 is 2.23 bits per heavy atom. The Bertz CT molecular complexity index is 349. The third-order valence-corrected chi connectivity index (χ3v) is 1.41. The van der Waals surface area contributed by atoms with Crippen LogP contribution in [0.5, 0.6) is 0 Å². The van der Waals surface area contributed by atoms with Gasteiger partial charge < -0.3 is 4.74 Å². The zero-order valence-corrected chi connectivity index (χ0v) is 7.27. The highest BCUT2D eigenvalue weighted by atomic mass is 16.5. The summed E-state index contributed by atoms with van der Waals surface area (Å²) in [6, 6.07) is 0. The summed E-state index contributed by atoms with van der Waals surface area (Å²) in [5.74, 6) is -0.966. The minimum absolute atomic E-state index is 0.0364. The maximum atomic E-state index is 11.1. The van der Waals surface area contributed by atoms with Crippen LogP contribution in [0, 0.1) is 0 Å². The minimum Gasteiger partial charge on any atom is -0.464 e. The number of Topliss-reactive ketones (excluding diaryl/α,β-unsaturated/α-hetero) is 1. The van der Waals surface area contributed by atoms with E-state index in [-0.39, 0.29) is 17.2 Å². The van der Waals surface area contributed by atoms with Crippen molar-refractivity contribution in [2.45, 2.75) is 6.92 Å². The first-order valence-corrected chi connectivity index (χ1v) is 3.57. The maximum absolute atomic E-state index is 11.1. The van der Waals surface area contributed by atoms with Gasteiger partial charge in [-0.05, 0) is 0 Å². The van der Waals surface area contributed by atoms with E-state index in [0.717, 1.165) is 0 Å². The summed E-state index contributed by atoms with van der Waals surface area (Å²) in [6.45, 7) is 1.32. The van der Waals surface area contributed by atoms with Crippen LogP contribution in [0.4, 0.5) is 0 Å². The average Bonchev–Trinajstić information content (AvgIpc) is 2.16. The molecule has 5 nitrogen and oxygen atoms in total. The molecule has 0 aromatic carbocycles. The number of nitrogens with zero attached hydrogens (tertiary/aromatic N) is 2. The van der Waals surface area contributed by atoms with Gasteiger partial charge in [-0.3, -0.25) is 4.79 Å². The van der Waals surface area contributed by atoms with Crippen molar-refractivity contribution in [3.05, 3.63) is 23.8 Å². The van der Waals surface area contributed by atoms with Crippen LogP contribution < -0.4 is 0 Å². The average molecular weight is 180 g/mol. The molecule has 0 bridgehead atoms. The Hall–Kier alpha value is -1.78. The van der Waals surface area contributed by atoms with Gasteiger partial charge in [-0.2, -0.15) is 0 Å². The molecule has 1 aromatic heterocycles. The fourth-order valence-corrected chi connectivity index (χ4v) is 0.842. The fraction of sp³-hybridized carbons (Fsp3) is 0.250. The summed E-state index contributed by atoms with van der Waals surface area (Å²) in [4.78, 5) is 29.5. The number of hydrogen-bond donors (Lipinski definition) is 0. The normalized spacial score (nSPS) is 9.38. The van der Waals surface area contributed by atoms with E-state index in [4.69, 9.17) is 0 Å². The van der Waals surface area contributed by atoms with Crippen LogP contribution in [-0.2, 0) is 4.74 Å². The van der Waals surface area contributed by atoms with Gasteiger partial charge in [-0.1, -0.05) is 0 Å². The van der Waals surface area contributed by atoms with Crippen LogP contribution in [0.25, 0.3) is 0 Å². The SMILES string of the molecule is COC(=O)c1nccnc1C(C)=O. The van der Waals surface area contributed by atoms with Crippen molar-refractivity contribution < 1.29 is 14.3 Å². The Balaban J connectivity index is 3.19. The van der Waals surface area contributed by atoms with Crippen LogP contribution in [0.15, 0.2) is 12.4 Å². The largest absolute Gasteiger partial charge is 0.464 e. The van der Waals surface area contributed by atoms with Gasteiger partial charge >= 0.3 is 5.97 Å². The Kier molecular flexibility index (Phi) is 2.69. The molecule has 0 fully saturated rings. The minimum atomic E-state index is -0.654. The van der Waals surface area contributed by atoms with Crippen LogP contribution in [-0.4, -0.2) is 28.8 Å². The number of rotatable bonds is 2. The number of aromatic nitrogens is 2. The first-order valence-electron chi connectivity index (χ1n) is 3.57. The molecule has 68 valence electrons. The molecule has 0 radical (unpaired) electrons. The quantitative estimate of drug-likeness (QED) is 0.488. The van der Waals surface area contributed by atoms with Crippen molar-refractivity contribution >= 4 is 11.8 Å². The van der Waals surface area contributed by atoms with Crippen LogP contribution in [0.3, 0.4) is 0 Å². The summed E-state index contributed by atoms with van der Waals surface area (Å²) in [5.41, 5.74) is -0.00755. The lowest BCUT2D eigenvalue weighted by atomic mass is 10.2. The van der Waals surface area contributed by atoms with Crippen LogP contribution in [0.1, 0.15) is 27.9 Å². The highest BCUT2D eigenvalue weighted by molar-refractivity contribution is 6.02. The molecular weight excluding hydrogens is 172 g/mol. The van der Waals surface area contributed by atoms with E-state index in [9.17, 15) is 9.59 Å². The predicted molar refractivity (Wildman–Crippen MR) is 43.4 cm³/mol. The molecule has 0 aliphatic carbocycles. The van der Waals surface area contributed by atoms with E-state index in [1.54, 1.807) is 0 Å². The Morgan fingerprint density at radius 2 is 1.77 bits per heavy atom. The Labute approximate surface area is 74.8 Å². The molecule has 0 saturated heterocycles. The van der Waals surface area contributed by atoms with Crippen molar-refractivity contribution in [3.63, 3.8) is 0 Å². The van der Waals surface area contributed by atoms with E-state index >= 15 is 0 Å². The van der Waals surface area contributed by atoms with Gasteiger partial charge in [0.1, 0.15) is 5.69 Å². The molecule has 13 heavy (non-hydrogen) atoms. The van der Waals surface area contributed by atoms with Gasteiger partial charge in [-0.25, -0.2) is 14.8 Å². The monoisotopic (exact) mass is 180 g/mol. The summed E-state index contributed by atoms with van der Waals surface area (Å²) < 4.78 is 4.43. The van der Waals surface area contributed by atoms with Crippen molar-refractivity contribution in [3.8, 4) is 0 Å². The zero-order valence-electron chi connectivity index (χ0n) is 7.27. The third kappa shape index (κ3) is 1.87. The molecule has 1 rings (SSSR count). The number of esters is 1. The van der Waals surface area contributed by atoms with Gasteiger partial charge in [0.2, 0.25) is 0 Å². The molecule has 0 N–H and O–H groups in total. The molecule has 0 spiro atoms. The fourth-order valence-electron chi connectivity index (χ4n) is 0.842. The van der Waals surface area contributed by atoms with Crippen molar-refractivity contribution in [1.29, 1.82) is 0 Å². The molecule has 0 aliphatic rings. The van der Waals surface area contributed by atoms with E-state index in [1.807, 2.05) is 0 Å². The van der Waals surface area contributed by atoms with Crippen LogP contribution in [0.2, 0.25) is 0 Å². The van der Waals surface area contributed by atoms with E-state index in [0.29, 0.717) is 0 Å². The van der Waals surface area contributed by atoms with Gasteiger partial charge in [0, 0.05) is 19.3 Å². The number of ether oxygens (including phenoxy) is 1. The van der Waals surface area contributed by atoms with Gasteiger partial charge in [0.15, 0.2) is 11.5 Å². The molecule has 0 amide bonds. The smallest absolute Gasteiger partial charge is 0.359 e. The third-order valence-electron chi connectivity index (χ3n) is 1.41. The lowest BCUT2D eigenvalue weighted by Gasteiger charge is -2.00. The summed E-state index contributed by atoms with van der Waals surface area (Å²) in [6.07, 6.45) is 2.68.